The predicted octanol–water partition coefficient (Wildman–Crippen LogP) is 2.08. The first kappa shape index (κ1) is 20.3. The second-order valence-electron chi connectivity index (χ2n) is 7.12. The molecule has 0 aliphatic carbocycles. The molecule has 148 valence electrons. The summed E-state index contributed by atoms with van der Waals surface area (Å²) in [7, 11) is 2.69. The van der Waals surface area contributed by atoms with Crippen LogP contribution in [0.2, 0.25) is 0 Å². The van der Waals surface area contributed by atoms with E-state index in [2.05, 4.69) is 50.7 Å². The van der Waals surface area contributed by atoms with E-state index in [-0.39, 0.29) is 6.04 Å². The number of likely N-dealkylation sites (N-methyl/N-ethyl adjacent to an activating group) is 1. The Kier molecular flexibility index (Phi) is 6.54. The van der Waals surface area contributed by atoms with E-state index in [1.54, 1.807) is 17.5 Å². The monoisotopic (exact) mass is 408 g/mol. The highest BCUT2D eigenvalue weighted by Gasteiger charge is 2.26. The summed E-state index contributed by atoms with van der Waals surface area (Å²) in [5, 5.41) is 1.78. The van der Waals surface area contributed by atoms with Crippen LogP contribution in [0.25, 0.3) is 0 Å². The lowest BCUT2D eigenvalue weighted by Crippen LogP contribution is -2.48. The van der Waals surface area contributed by atoms with Crippen LogP contribution >= 0.6 is 11.3 Å². The van der Waals surface area contributed by atoms with Crippen LogP contribution in [0.4, 0.5) is 5.69 Å². The highest BCUT2D eigenvalue weighted by molar-refractivity contribution is 7.91. The van der Waals surface area contributed by atoms with Gasteiger partial charge in [0, 0.05) is 58.5 Å². The summed E-state index contributed by atoms with van der Waals surface area (Å²) in [6, 6.07) is 11.8. The molecule has 0 radical (unpaired) electrons. The van der Waals surface area contributed by atoms with E-state index in [0.29, 0.717) is 10.8 Å². The van der Waals surface area contributed by atoms with Crippen LogP contribution < -0.4 is 9.62 Å². The summed E-state index contributed by atoms with van der Waals surface area (Å²) in [6.45, 7) is 4.20. The zero-order valence-corrected chi connectivity index (χ0v) is 17.8. The summed E-state index contributed by atoms with van der Waals surface area (Å²) in [5.74, 6) is 0. The van der Waals surface area contributed by atoms with E-state index in [9.17, 15) is 8.42 Å². The van der Waals surface area contributed by atoms with Crippen LogP contribution in [-0.4, -0.2) is 72.1 Å². The van der Waals surface area contributed by atoms with E-state index in [0.717, 1.165) is 37.4 Å². The molecular formula is C19H28N4O2S2. The van der Waals surface area contributed by atoms with Crippen molar-refractivity contribution in [3.63, 3.8) is 0 Å². The van der Waals surface area contributed by atoms with E-state index in [1.807, 2.05) is 14.1 Å². The Morgan fingerprint density at radius 2 is 1.78 bits per heavy atom. The van der Waals surface area contributed by atoms with Gasteiger partial charge >= 0.3 is 0 Å². The fourth-order valence-electron chi connectivity index (χ4n) is 3.26. The van der Waals surface area contributed by atoms with Crippen LogP contribution in [-0.2, 0) is 10.0 Å². The molecule has 0 bridgehead atoms. The van der Waals surface area contributed by atoms with Crippen molar-refractivity contribution in [3.05, 3.63) is 47.3 Å². The number of rotatable bonds is 7. The summed E-state index contributed by atoms with van der Waals surface area (Å²) in [4.78, 5) is 6.74. The number of thiophene rings is 1. The third-order valence-corrected chi connectivity index (χ3v) is 7.82. The molecule has 1 aliphatic heterocycles. The fraction of sp³-hybridized carbons (Fsp3) is 0.474. The standard InChI is InChI=1S/C19H28N4O2S2/c1-21(2)17-8-6-16(7-9-17)18(23-12-10-22(3)11-13-23)15-20-27(24,25)19-5-4-14-26-19/h4-9,14,18,20H,10-13,15H2,1-3H3. The first-order valence-corrected chi connectivity index (χ1v) is 11.5. The third kappa shape index (κ3) is 5.08. The Morgan fingerprint density at radius 3 is 2.33 bits per heavy atom. The van der Waals surface area contributed by atoms with Gasteiger partial charge in [0.1, 0.15) is 4.21 Å². The molecule has 0 saturated carbocycles. The van der Waals surface area contributed by atoms with Crippen LogP contribution in [0.15, 0.2) is 46.0 Å². The molecule has 1 unspecified atom stereocenters. The van der Waals surface area contributed by atoms with Crippen molar-refractivity contribution in [2.45, 2.75) is 10.3 Å². The van der Waals surface area contributed by atoms with Crippen LogP contribution in [0.3, 0.4) is 0 Å². The average Bonchev–Trinajstić information content (AvgIpc) is 3.19. The molecule has 1 fully saturated rings. The Morgan fingerprint density at radius 1 is 1.11 bits per heavy atom. The molecule has 27 heavy (non-hydrogen) atoms. The van der Waals surface area contributed by atoms with E-state index in [1.165, 1.54) is 11.3 Å². The van der Waals surface area contributed by atoms with E-state index in [4.69, 9.17) is 0 Å². The molecule has 3 rings (SSSR count). The number of nitrogens with zero attached hydrogens (tertiary/aromatic N) is 3. The first-order chi connectivity index (χ1) is 12.9. The van der Waals surface area contributed by atoms with Crippen molar-refractivity contribution in [2.24, 2.45) is 0 Å². The lowest BCUT2D eigenvalue weighted by molar-refractivity contribution is 0.113. The Bertz CT molecular complexity index is 812. The number of hydrogen-bond acceptors (Lipinski definition) is 6. The van der Waals surface area contributed by atoms with Gasteiger partial charge in [-0.25, -0.2) is 13.1 Å². The van der Waals surface area contributed by atoms with Crippen LogP contribution in [0.1, 0.15) is 11.6 Å². The molecule has 1 aliphatic rings. The second-order valence-corrected chi connectivity index (χ2v) is 10.1. The first-order valence-electron chi connectivity index (χ1n) is 9.10. The van der Waals surface area contributed by atoms with Gasteiger partial charge < -0.3 is 9.80 Å². The largest absolute Gasteiger partial charge is 0.378 e. The van der Waals surface area contributed by atoms with E-state index >= 15 is 0 Å². The average molecular weight is 409 g/mol. The van der Waals surface area contributed by atoms with Gasteiger partial charge in [-0.1, -0.05) is 18.2 Å². The van der Waals surface area contributed by atoms with Gasteiger partial charge in [0.2, 0.25) is 10.0 Å². The summed E-state index contributed by atoms with van der Waals surface area (Å²) in [6.07, 6.45) is 0. The SMILES string of the molecule is CN1CCN(C(CNS(=O)(=O)c2cccs2)c2ccc(N(C)C)cc2)CC1. The summed E-state index contributed by atoms with van der Waals surface area (Å²) in [5.41, 5.74) is 2.27. The minimum Gasteiger partial charge on any atom is -0.378 e. The molecule has 2 heterocycles. The van der Waals surface area contributed by atoms with E-state index < -0.39 is 10.0 Å². The van der Waals surface area contributed by atoms with Gasteiger partial charge in [-0.15, -0.1) is 11.3 Å². The number of piperazine rings is 1. The highest BCUT2D eigenvalue weighted by Crippen LogP contribution is 2.25. The summed E-state index contributed by atoms with van der Waals surface area (Å²) < 4.78 is 28.3. The number of hydrogen-bond donors (Lipinski definition) is 1. The minimum atomic E-state index is -3.47. The molecule has 1 atom stereocenters. The number of sulfonamides is 1. The van der Waals surface area contributed by atoms with Crippen molar-refractivity contribution in [1.29, 1.82) is 0 Å². The fourth-order valence-corrected chi connectivity index (χ4v) is 5.34. The molecule has 1 saturated heterocycles. The topological polar surface area (TPSA) is 55.9 Å². The maximum absolute atomic E-state index is 12.6. The minimum absolute atomic E-state index is 0.0182. The third-order valence-electron chi connectivity index (χ3n) is 5.00. The lowest BCUT2D eigenvalue weighted by atomic mass is 10.0. The Balaban J connectivity index is 1.79. The lowest BCUT2D eigenvalue weighted by Gasteiger charge is -2.38. The molecule has 2 aromatic rings. The molecule has 1 aromatic heterocycles. The number of anilines is 1. The van der Waals surface area contributed by atoms with Crippen molar-refractivity contribution in [1.82, 2.24) is 14.5 Å². The molecule has 0 amide bonds. The van der Waals surface area contributed by atoms with Crippen LogP contribution in [0, 0.1) is 0 Å². The molecular weight excluding hydrogens is 380 g/mol. The van der Waals surface area contributed by atoms with Crippen molar-refractivity contribution >= 4 is 27.0 Å². The normalized spacial score (nSPS) is 17.7. The zero-order valence-electron chi connectivity index (χ0n) is 16.1. The van der Waals surface area contributed by atoms with Gasteiger partial charge in [0.05, 0.1) is 0 Å². The van der Waals surface area contributed by atoms with Gasteiger partial charge in [0.25, 0.3) is 0 Å². The Labute approximate surface area is 166 Å². The number of nitrogens with one attached hydrogen (secondary N) is 1. The van der Waals surface area contributed by atoms with Crippen molar-refractivity contribution in [2.75, 3.05) is 58.8 Å². The van der Waals surface area contributed by atoms with Gasteiger partial charge in [0.15, 0.2) is 0 Å². The Hall–Kier alpha value is -1.45. The molecule has 1 aromatic carbocycles. The zero-order chi connectivity index (χ0) is 19.4. The summed E-state index contributed by atoms with van der Waals surface area (Å²) >= 11 is 1.24. The van der Waals surface area contributed by atoms with Crippen LogP contribution in [0.5, 0.6) is 0 Å². The second kappa shape index (κ2) is 8.70. The van der Waals surface area contributed by atoms with Gasteiger partial charge in [-0.2, -0.15) is 0 Å². The van der Waals surface area contributed by atoms with Gasteiger partial charge in [-0.05, 0) is 36.2 Å². The molecule has 6 nitrogen and oxygen atoms in total. The highest BCUT2D eigenvalue weighted by atomic mass is 32.2. The van der Waals surface area contributed by atoms with Crippen molar-refractivity contribution < 1.29 is 8.42 Å². The quantitative estimate of drug-likeness (QED) is 0.760. The molecule has 0 spiro atoms. The number of benzene rings is 1. The smallest absolute Gasteiger partial charge is 0.250 e. The maximum Gasteiger partial charge on any atom is 0.250 e. The maximum atomic E-state index is 12.6. The van der Waals surface area contributed by atoms with Crippen molar-refractivity contribution in [3.8, 4) is 0 Å². The predicted molar refractivity (Wildman–Crippen MR) is 112 cm³/mol. The van der Waals surface area contributed by atoms with Gasteiger partial charge in [-0.3, -0.25) is 4.90 Å². The molecule has 8 heteroatoms. The molecule has 1 N–H and O–H groups in total.